The summed E-state index contributed by atoms with van der Waals surface area (Å²) >= 11 is 0. The largest absolute Gasteiger partial charge is 0.469 e. The normalized spacial score (nSPS) is 8.69. The van der Waals surface area contributed by atoms with Crippen LogP contribution in [0.1, 0.15) is 12.0 Å². The molecule has 0 aliphatic rings. The second-order valence-corrected chi connectivity index (χ2v) is 2.43. The summed E-state index contributed by atoms with van der Waals surface area (Å²) < 4.78 is 4.52. The van der Waals surface area contributed by atoms with Gasteiger partial charge in [-0.3, -0.25) is 9.78 Å². The number of halogens is 1. The molecule has 1 aromatic heterocycles. The third-order valence-corrected chi connectivity index (χ3v) is 1.59. The van der Waals surface area contributed by atoms with Gasteiger partial charge in [-0.05, 0) is 24.1 Å². The second kappa shape index (κ2) is 6.82. The zero-order chi connectivity index (χ0) is 8.81. The predicted molar refractivity (Wildman–Crippen MR) is 60.0 cm³/mol. The summed E-state index contributed by atoms with van der Waals surface area (Å²) in [7, 11) is 1.40. The van der Waals surface area contributed by atoms with Crippen LogP contribution in [0.15, 0.2) is 24.5 Å². The smallest absolute Gasteiger partial charge is 0.305 e. The van der Waals surface area contributed by atoms with E-state index >= 15 is 0 Å². The molecule has 0 spiro atoms. The molecule has 1 aromatic rings. The minimum Gasteiger partial charge on any atom is -0.469 e. The lowest BCUT2D eigenvalue weighted by molar-refractivity contribution is -0.140. The quantitative estimate of drug-likeness (QED) is 0.630. The van der Waals surface area contributed by atoms with Crippen molar-refractivity contribution in [2.24, 2.45) is 0 Å². The SMILES string of the molecule is COC(=O)CCc1ccncc1.I. The zero-order valence-electron chi connectivity index (χ0n) is 7.40. The number of hydrogen-bond donors (Lipinski definition) is 0. The Morgan fingerprint density at radius 3 is 2.62 bits per heavy atom. The molecule has 0 unspecified atom stereocenters. The molecule has 4 heteroatoms. The van der Waals surface area contributed by atoms with Gasteiger partial charge in [0.2, 0.25) is 0 Å². The third-order valence-electron chi connectivity index (χ3n) is 1.59. The number of carbonyl (C=O) groups excluding carboxylic acids is 1. The summed E-state index contributed by atoms with van der Waals surface area (Å²) in [5.41, 5.74) is 1.11. The van der Waals surface area contributed by atoms with E-state index in [2.05, 4.69) is 9.72 Å². The molecule has 0 atom stereocenters. The van der Waals surface area contributed by atoms with Crippen molar-refractivity contribution in [1.29, 1.82) is 0 Å². The van der Waals surface area contributed by atoms with Crippen LogP contribution >= 0.6 is 24.0 Å². The highest BCUT2D eigenvalue weighted by Crippen LogP contribution is 2.00. The van der Waals surface area contributed by atoms with E-state index in [0.29, 0.717) is 6.42 Å². The molecule has 0 N–H and O–H groups in total. The molecule has 0 saturated carbocycles. The topological polar surface area (TPSA) is 39.2 Å². The van der Waals surface area contributed by atoms with Crippen LogP contribution in [0.25, 0.3) is 0 Å². The molecular formula is C9H12INO2. The van der Waals surface area contributed by atoms with E-state index in [0.717, 1.165) is 12.0 Å². The zero-order valence-corrected chi connectivity index (χ0v) is 9.73. The number of nitrogens with zero attached hydrogens (tertiary/aromatic N) is 1. The van der Waals surface area contributed by atoms with Gasteiger partial charge >= 0.3 is 5.97 Å². The first-order valence-electron chi connectivity index (χ1n) is 3.78. The number of pyridine rings is 1. The van der Waals surface area contributed by atoms with Crippen molar-refractivity contribution in [3.8, 4) is 0 Å². The molecular weight excluding hydrogens is 281 g/mol. The van der Waals surface area contributed by atoms with E-state index in [1.807, 2.05) is 12.1 Å². The van der Waals surface area contributed by atoms with Gasteiger partial charge in [-0.1, -0.05) is 0 Å². The molecule has 0 bridgehead atoms. The summed E-state index contributed by atoms with van der Waals surface area (Å²) in [6.07, 6.45) is 4.58. The summed E-state index contributed by atoms with van der Waals surface area (Å²) in [5.74, 6) is -0.174. The maximum absolute atomic E-state index is 10.7. The first-order valence-corrected chi connectivity index (χ1v) is 3.78. The molecule has 0 aromatic carbocycles. The van der Waals surface area contributed by atoms with Gasteiger partial charge in [0.25, 0.3) is 0 Å². The Bertz CT molecular complexity index is 251. The highest BCUT2D eigenvalue weighted by atomic mass is 127. The van der Waals surface area contributed by atoms with E-state index in [1.54, 1.807) is 12.4 Å². The summed E-state index contributed by atoms with van der Waals surface area (Å²) in [6, 6.07) is 3.78. The first kappa shape index (κ1) is 12.3. The van der Waals surface area contributed by atoms with Crippen molar-refractivity contribution < 1.29 is 9.53 Å². The highest BCUT2D eigenvalue weighted by Gasteiger charge is 1.99. The Morgan fingerprint density at radius 1 is 1.46 bits per heavy atom. The number of hydrogen-bond acceptors (Lipinski definition) is 3. The number of ether oxygens (including phenoxy) is 1. The first-order chi connectivity index (χ1) is 5.83. The van der Waals surface area contributed by atoms with Gasteiger partial charge in [-0.15, -0.1) is 24.0 Å². The fraction of sp³-hybridized carbons (Fsp3) is 0.333. The number of esters is 1. The average Bonchev–Trinajstić information content (AvgIpc) is 2.16. The van der Waals surface area contributed by atoms with Crippen molar-refractivity contribution in [2.75, 3.05) is 7.11 Å². The van der Waals surface area contributed by atoms with E-state index in [1.165, 1.54) is 7.11 Å². The Morgan fingerprint density at radius 2 is 2.08 bits per heavy atom. The third kappa shape index (κ3) is 4.82. The molecule has 0 amide bonds. The van der Waals surface area contributed by atoms with E-state index in [-0.39, 0.29) is 29.9 Å². The van der Waals surface area contributed by atoms with E-state index < -0.39 is 0 Å². The fourth-order valence-corrected chi connectivity index (χ4v) is 0.898. The number of aryl methyl sites for hydroxylation is 1. The molecule has 0 aliphatic carbocycles. The average molecular weight is 293 g/mol. The summed E-state index contributed by atoms with van der Waals surface area (Å²) in [6.45, 7) is 0. The van der Waals surface area contributed by atoms with Crippen molar-refractivity contribution in [3.05, 3.63) is 30.1 Å². The molecule has 1 heterocycles. The standard InChI is InChI=1S/C9H11NO2.HI/c1-12-9(11)3-2-8-4-6-10-7-5-8;/h4-7H,2-3H2,1H3;1H. The molecule has 1 rings (SSSR count). The van der Waals surface area contributed by atoms with Crippen LogP contribution in [0.5, 0.6) is 0 Å². The van der Waals surface area contributed by atoms with Crippen LogP contribution in [0.3, 0.4) is 0 Å². The van der Waals surface area contributed by atoms with Crippen LogP contribution in [0, 0.1) is 0 Å². The van der Waals surface area contributed by atoms with Gasteiger partial charge in [0.1, 0.15) is 0 Å². The Kier molecular flexibility index (Phi) is 6.48. The fourth-order valence-electron chi connectivity index (χ4n) is 0.898. The summed E-state index contributed by atoms with van der Waals surface area (Å²) in [4.78, 5) is 14.6. The number of rotatable bonds is 3. The Hall–Kier alpha value is -0.650. The lowest BCUT2D eigenvalue weighted by Crippen LogP contribution is -2.01. The van der Waals surface area contributed by atoms with Crippen LogP contribution in [0.4, 0.5) is 0 Å². The van der Waals surface area contributed by atoms with Crippen molar-refractivity contribution in [2.45, 2.75) is 12.8 Å². The maximum Gasteiger partial charge on any atom is 0.305 e. The van der Waals surface area contributed by atoms with Crippen molar-refractivity contribution in [1.82, 2.24) is 4.98 Å². The molecule has 0 aliphatic heterocycles. The number of methoxy groups -OCH3 is 1. The molecule has 3 nitrogen and oxygen atoms in total. The van der Waals surface area contributed by atoms with Crippen LogP contribution < -0.4 is 0 Å². The van der Waals surface area contributed by atoms with Gasteiger partial charge in [0.15, 0.2) is 0 Å². The van der Waals surface area contributed by atoms with Crippen molar-refractivity contribution >= 4 is 29.9 Å². The molecule has 0 saturated heterocycles. The van der Waals surface area contributed by atoms with Gasteiger partial charge in [-0.25, -0.2) is 0 Å². The monoisotopic (exact) mass is 293 g/mol. The number of carbonyl (C=O) groups is 1. The lowest BCUT2D eigenvalue weighted by atomic mass is 10.1. The summed E-state index contributed by atoms with van der Waals surface area (Å²) in [5, 5.41) is 0. The number of aromatic nitrogens is 1. The van der Waals surface area contributed by atoms with E-state index in [9.17, 15) is 4.79 Å². The Labute approximate surface area is 94.5 Å². The minimum absolute atomic E-state index is 0. The van der Waals surface area contributed by atoms with Crippen molar-refractivity contribution in [3.63, 3.8) is 0 Å². The predicted octanol–water partition coefficient (Wildman–Crippen LogP) is 1.81. The van der Waals surface area contributed by atoms with Gasteiger partial charge in [0, 0.05) is 18.8 Å². The maximum atomic E-state index is 10.7. The van der Waals surface area contributed by atoms with Crippen LogP contribution in [-0.4, -0.2) is 18.1 Å². The molecule has 13 heavy (non-hydrogen) atoms. The molecule has 0 radical (unpaired) electrons. The van der Waals surface area contributed by atoms with Gasteiger partial charge < -0.3 is 4.74 Å². The van der Waals surface area contributed by atoms with E-state index in [4.69, 9.17) is 0 Å². The van der Waals surface area contributed by atoms with Crippen LogP contribution in [0.2, 0.25) is 0 Å². The Balaban J connectivity index is 0.00000144. The second-order valence-electron chi connectivity index (χ2n) is 2.43. The van der Waals surface area contributed by atoms with Crippen LogP contribution in [-0.2, 0) is 16.0 Å². The minimum atomic E-state index is -0.174. The highest BCUT2D eigenvalue weighted by molar-refractivity contribution is 14.0. The lowest BCUT2D eigenvalue weighted by Gasteiger charge is -1.98. The van der Waals surface area contributed by atoms with Gasteiger partial charge in [-0.2, -0.15) is 0 Å². The molecule has 72 valence electrons. The molecule has 0 fully saturated rings. The van der Waals surface area contributed by atoms with Gasteiger partial charge in [0.05, 0.1) is 7.11 Å².